The van der Waals surface area contributed by atoms with Crippen molar-refractivity contribution < 1.29 is 28.5 Å². The third-order valence-corrected chi connectivity index (χ3v) is 4.46. The van der Waals surface area contributed by atoms with Crippen LogP contribution in [0.2, 0.25) is 0 Å². The molecule has 1 N–H and O–H groups in total. The van der Waals surface area contributed by atoms with Crippen LogP contribution in [0, 0.1) is 13.8 Å². The lowest BCUT2D eigenvalue weighted by Crippen LogP contribution is -2.15. The van der Waals surface area contributed by atoms with E-state index in [4.69, 9.17) is 14.3 Å². The summed E-state index contributed by atoms with van der Waals surface area (Å²) in [7, 11) is 0. The van der Waals surface area contributed by atoms with Gasteiger partial charge in [0.25, 0.3) is 0 Å². The Morgan fingerprint density at radius 1 is 1.18 bits per heavy atom. The summed E-state index contributed by atoms with van der Waals surface area (Å²) in [6.45, 7) is 3.41. The molecule has 7 nitrogen and oxygen atoms in total. The number of hydrogen-bond donors (Lipinski definition) is 1. The van der Waals surface area contributed by atoms with Crippen molar-refractivity contribution in [1.82, 2.24) is 4.98 Å². The summed E-state index contributed by atoms with van der Waals surface area (Å²) in [5.41, 5.74) is 1.95. The van der Waals surface area contributed by atoms with Gasteiger partial charge in [0.2, 0.25) is 0 Å². The number of ether oxygens (including phenoxy) is 1. The predicted molar refractivity (Wildman–Crippen MR) is 97.4 cm³/mol. The lowest BCUT2D eigenvalue weighted by Gasteiger charge is -2.13. The molecule has 3 aromatic rings. The topological polar surface area (TPSA) is 98.9 Å². The van der Waals surface area contributed by atoms with Gasteiger partial charge in [0, 0.05) is 15.5 Å². The summed E-state index contributed by atoms with van der Waals surface area (Å²) in [5, 5.41) is 9.78. The van der Waals surface area contributed by atoms with Gasteiger partial charge in [0.1, 0.15) is 17.9 Å². The minimum absolute atomic E-state index is 0.0493. The fourth-order valence-corrected chi connectivity index (χ4v) is 2.95. The first-order valence-corrected chi connectivity index (χ1v) is 8.50. The van der Waals surface area contributed by atoms with Crippen LogP contribution in [0.15, 0.2) is 39.5 Å². The van der Waals surface area contributed by atoms with Crippen molar-refractivity contribution in [3.63, 3.8) is 0 Å². The molecule has 28 heavy (non-hydrogen) atoms. The number of pyridine rings is 1. The molecule has 2 aromatic heterocycles. The van der Waals surface area contributed by atoms with Crippen LogP contribution < -0.4 is 10.4 Å². The molecular formula is C20H18FNO6. The summed E-state index contributed by atoms with van der Waals surface area (Å²) >= 11 is 0. The average molecular weight is 387 g/mol. The first-order valence-electron chi connectivity index (χ1n) is 8.50. The molecule has 0 fully saturated rings. The van der Waals surface area contributed by atoms with Crippen LogP contribution in [-0.2, 0) is 29.4 Å². The van der Waals surface area contributed by atoms with Crippen molar-refractivity contribution >= 4 is 16.9 Å². The first kappa shape index (κ1) is 19.5. The molecule has 0 saturated heterocycles. The number of benzene rings is 1. The van der Waals surface area contributed by atoms with Gasteiger partial charge in [0.15, 0.2) is 0 Å². The van der Waals surface area contributed by atoms with E-state index in [0.717, 1.165) is 0 Å². The van der Waals surface area contributed by atoms with Crippen molar-refractivity contribution in [2.45, 2.75) is 33.5 Å². The van der Waals surface area contributed by atoms with E-state index < -0.39 is 18.0 Å². The minimum Gasteiger partial charge on any atom is -0.487 e. The highest BCUT2D eigenvalue weighted by Gasteiger charge is 2.18. The molecule has 0 unspecified atom stereocenters. The van der Waals surface area contributed by atoms with Crippen molar-refractivity contribution in [2.75, 3.05) is 0 Å². The number of aliphatic hydroxyl groups excluding tert-OH is 1. The number of carbonyl (C=O) groups excluding carboxylic acids is 1. The lowest BCUT2D eigenvalue weighted by atomic mass is 10.0. The van der Waals surface area contributed by atoms with E-state index in [1.807, 2.05) is 0 Å². The number of halogens is 1. The zero-order valence-electron chi connectivity index (χ0n) is 15.3. The number of nitrogens with zero attached hydrogens (tertiary/aromatic N) is 1. The van der Waals surface area contributed by atoms with Crippen LogP contribution in [0.3, 0.4) is 0 Å². The Morgan fingerprint density at radius 2 is 1.93 bits per heavy atom. The molecule has 0 spiro atoms. The van der Waals surface area contributed by atoms with Gasteiger partial charge in [-0.05, 0) is 43.7 Å². The zero-order chi connectivity index (χ0) is 20.3. The van der Waals surface area contributed by atoms with Gasteiger partial charge >= 0.3 is 11.6 Å². The maximum absolute atomic E-state index is 12.2. The normalized spacial score (nSPS) is 10.9. The van der Waals surface area contributed by atoms with Gasteiger partial charge in [-0.25, -0.2) is 9.59 Å². The SMILES string of the molecule is Cc1c(CC(=O)OF)c(=O)oc2c(C)c(OCc3cccc(CO)n3)ccc12. The molecule has 1 aromatic carbocycles. The maximum Gasteiger partial charge on any atom is 0.353 e. The third-order valence-electron chi connectivity index (χ3n) is 4.46. The Morgan fingerprint density at radius 3 is 2.64 bits per heavy atom. The van der Waals surface area contributed by atoms with E-state index in [2.05, 4.69) is 9.93 Å². The van der Waals surface area contributed by atoms with E-state index in [9.17, 15) is 14.1 Å². The van der Waals surface area contributed by atoms with Crippen LogP contribution in [0.5, 0.6) is 5.75 Å². The van der Waals surface area contributed by atoms with Gasteiger partial charge < -0.3 is 14.3 Å². The number of carbonyl (C=O) groups is 1. The van der Waals surface area contributed by atoms with Crippen molar-refractivity contribution in [1.29, 1.82) is 0 Å². The fourth-order valence-electron chi connectivity index (χ4n) is 2.95. The Kier molecular flexibility index (Phi) is 5.70. The summed E-state index contributed by atoms with van der Waals surface area (Å²) < 4.78 is 23.2. The van der Waals surface area contributed by atoms with Crippen LogP contribution in [0.1, 0.15) is 28.1 Å². The molecule has 146 valence electrons. The smallest absolute Gasteiger partial charge is 0.353 e. The maximum atomic E-state index is 12.2. The molecule has 0 saturated carbocycles. The van der Waals surface area contributed by atoms with E-state index in [0.29, 0.717) is 39.2 Å². The second-order valence-corrected chi connectivity index (χ2v) is 6.25. The first-order chi connectivity index (χ1) is 13.4. The van der Waals surface area contributed by atoms with Crippen LogP contribution >= 0.6 is 0 Å². The van der Waals surface area contributed by atoms with Crippen molar-refractivity contribution in [3.05, 3.63) is 68.8 Å². The number of hydrogen-bond acceptors (Lipinski definition) is 7. The van der Waals surface area contributed by atoms with Crippen LogP contribution in [0.25, 0.3) is 11.0 Å². The monoisotopic (exact) mass is 387 g/mol. The largest absolute Gasteiger partial charge is 0.487 e. The molecule has 3 rings (SSSR count). The Bertz CT molecular complexity index is 1090. The molecule has 0 bridgehead atoms. The summed E-state index contributed by atoms with van der Waals surface area (Å²) in [4.78, 5) is 30.8. The van der Waals surface area contributed by atoms with Crippen LogP contribution in [0.4, 0.5) is 4.53 Å². The predicted octanol–water partition coefficient (Wildman–Crippen LogP) is 2.85. The van der Waals surface area contributed by atoms with E-state index >= 15 is 0 Å². The molecule has 8 heteroatoms. The second-order valence-electron chi connectivity index (χ2n) is 6.25. The Labute approximate surface area is 159 Å². The molecule has 0 radical (unpaired) electrons. The Hall–Kier alpha value is -3.26. The summed E-state index contributed by atoms with van der Waals surface area (Å²) in [6, 6.07) is 8.68. The molecule has 0 amide bonds. The highest BCUT2D eigenvalue weighted by atomic mass is 19.3. The standard InChI is InChI=1S/C20H18FNO6/c1-11-15-6-7-17(26-10-14-5-3-4-13(9-23)22-14)12(2)19(15)27-20(25)16(11)8-18(24)28-21/h3-7,23H,8-10H2,1-2H3. The highest BCUT2D eigenvalue weighted by molar-refractivity contribution is 5.86. The molecule has 0 aliphatic heterocycles. The Balaban J connectivity index is 1.93. The summed E-state index contributed by atoms with van der Waals surface area (Å²) in [5.74, 6) is -0.661. The third kappa shape index (κ3) is 3.86. The number of aryl methyl sites for hydroxylation is 2. The molecule has 0 aliphatic carbocycles. The van der Waals surface area contributed by atoms with Gasteiger partial charge in [-0.3, -0.25) is 9.93 Å². The number of rotatable bonds is 6. The molecular weight excluding hydrogens is 369 g/mol. The fraction of sp³-hybridized carbons (Fsp3) is 0.250. The zero-order valence-corrected chi connectivity index (χ0v) is 15.3. The van der Waals surface area contributed by atoms with Gasteiger partial charge in [-0.1, -0.05) is 6.07 Å². The number of aromatic nitrogens is 1. The quantitative estimate of drug-likeness (QED) is 0.649. The summed E-state index contributed by atoms with van der Waals surface area (Å²) in [6.07, 6.45) is -0.509. The molecule has 0 aliphatic rings. The van der Waals surface area contributed by atoms with Gasteiger partial charge in [0.05, 0.1) is 30.0 Å². The van der Waals surface area contributed by atoms with Crippen LogP contribution in [-0.4, -0.2) is 16.1 Å². The average Bonchev–Trinajstić information content (AvgIpc) is 2.71. The van der Waals surface area contributed by atoms with E-state index in [-0.39, 0.29) is 18.8 Å². The van der Waals surface area contributed by atoms with Gasteiger partial charge in [-0.15, -0.1) is 0 Å². The second kappa shape index (κ2) is 8.18. The van der Waals surface area contributed by atoms with E-state index in [1.165, 1.54) is 0 Å². The minimum atomic E-state index is -1.16. The van der Waals surface area contributed by atoms with E-state index in [1.54, 1.807) is 44.2 Å². The van der Waals surface area contributed by atoms with Crippen molar-refractivity contribution in [2.24, 2.45) is 0 Å². The highest BCUT2D eigenvalue weighted by Crippen LogP contribution is 2.30. The van der Waals surface area contributed by atoms with Crippen molar-refractivity contribution in [3.8, 4) is 5.75 Å². The lowest BCUT2D eigenvalue weighted by molar-refractivity contribution is -0.182. The number of fused-ring (bicyclic) bond motifs is 1. The molecule has 0 atom stereocenters. The van der Waals surface area contributed by atoms with Gasteiger partial charge in [-0.2, -0.15) is 0 Å². The molecule has 2 heterocycles. The number of aliphatic hydroxyl groups is 1.